The number of aromatic amines is 1. The van der Waals surface area contributed by atoms with E-state index in [1.807, 2.05) is 6.20 Å². The molecule has 0 spiro atoms. The minimum atomic E-state index is 0.310. The average Bonchev–Trinajstić information content (AvgIpc) is 2.71. The van der Waals surface area contributed by atoms with Gasteiger partial charge in [-0.2, -0.15) is 5.10 Å². The van der Waals surface area contributed by atoms with Gasteiger partial charge in [-0.1, -0.05) is 46.5 Å². The minimum absolute atomic E-state index is 0.310. The molecule has 1 aromatic heterocycles. The monoisotopic (exact) mass is 222 g/mol. The van der Waals surface area contributed by atoms with Gasteiger partial charge in [0.25, 0.3) is 0 Å². The van der Waals surface area contributed by atoms with Crippen LogP contribution in [0.3, 0.4) is 0 Å². The van der Waals surface area contributed by atoms with Gasteiger partial charge in [0, 0.05) is 5.69 Å². The van der Waals surface area contributed by atoms with E-state index < -0.39 is 0 Å². The zero-order chi connectivity index (χ0) is 12.0. The maximum absolute atomic E-state index is 4.16. The molecule has 1 rings (SSSR count). The first-order chi connectivity index (χ1) is 7.64. The van der Waals surface area contributed by atoms with Gasteiger partial charge in [0.05, 0.1) is 6.20 Å². The Morgan fingerprint density at radius 2 is 2.00 bits per heavy atom. The lowest BCUT2D eigenvalue weighted by Gasteiger charge is -2.28. The van der Waals surface area contributed by atoms with Gasteiger partial charge in [-0.05, 0) is 30.7 Å². The van der Waals surface area contributed by atoms with Crippen LogP contribution in [0.15, 0.2) is 6.20 Å². The van der Waals surface area contributed by atoms with E-state index in [9.17, 15) is 0 Å². The van der Waals surface area contributed by atoms with Crippen LogP contribution in [-0.2, 0) is 5.41 Å². The van der Waals surface area contributed by atoms with Crippen molar-refractivity contribution in [3.8, 4) is 0 Å². The lowest BCUT2D eigenvalue weighted by Crippen LogP contribution is -2.21. The smallest absolute Gasteiger partial charge is 0.0527 e. The Bertz CT molecular complexity index is 303. The van der Waals surface area contributed by atoms with Crippen LogP contribution in [0, 0.1) is 6.92 Å². The highest BCUT2D eigenvalue weighted by atomic mass is 15.1. The summed E-state index contributed by atoms with van der Waals surface area (Å²) in [4.78, 5) is 0. The van der Waals surface area contributed by atoms with Gasteiger partial charge >= 0.3 is 0 Å². The van der Waals surface area contributed by atoms with E-state index in [1.165, 1.54) is 49.8 Å². The maximum atomic E-state index is 4.16. The number of nitrogens with zero attached hydrogens (tertiary/aromatic N) is 1. The molecule has 2 heteroatoms. The number of aromatic nitrogens is 2. The number of rotatable bonds is 7. The number of hydrogen-bond donors (Lipinski definition) is 1. The van der Waals surface area contributed by atoms with Crippen LogP contribution in [0.5, 0.6) is 0 Å². The summed E-state index contributed by atoms with van der Waals surface area (Å²) in [7, 11) is 0. The van der Waals surface area contributed by atoms with Crippen LogP contribution in [0.1, 0.15) is 70.6 Å². The zero-order valence-electron chi connectivity index (χ0n) is 11.3. The fraction of sp³-hybridized carbons (Fsp3) is 0.786. The highest BCUT2D eigenvalue weighted by Gasteiger charge is 2.26. The maximum Gasteiger partial charge on any atom is 0.0527 e. The van der Waals surface area contributed by atoms with Crippen LogP contribution in [0.4, 0.5) is 0 Å². The van der Waals surface area contributed by atoms with Crippen molar-refractivity contribution < 1.29 is 0 Å². The third-order valence-electron chi connectivity index (χ3n) is 3.84. The van der Waals surface area contributed by atoms with Crippen molar-refractivity contribution in [2.75, 3.05) is 0 Å². The molecule has 92 valence electrons. The second-order valence-electron chi connectivity index (χ2n) is 5.13. The van der Waals surface area contributed by atoms with E-state index in [1.54, 1.807) is 0 Å². The Labute approximate surface area is 99.8 Å². The summed E-state index contributed by atoms with van der Waals surface area (Å²) in [5.41, 5.74) is 2.96. The van der Waals surface area contributed by atoms with E-state index in [0.717, 1.165) is 0 Å². The second-order valence-corrected chi connectivity index (χ2v) is 5.13. The van der Waals surface area contributed by atoms with Crippen LogP contribution in [-0.4, -0.2) is 10.2 Å². The fourth-order valence-electron chi connectivity index (χ4n) is 2.40. The van der Waals surface area contributed by atoms with Crippen LogP contribution in [0.25, 0.3) is 0 Å². The van der Waals surface area contributed by atoms with Crippen LogP contribution < -0.4 is 0 Å². The van der Waals surface area contributed by atoms with Crippen molar-refractivity contribution in [2.45, 2.75) is 71.6 Å². The summed E-state index contributed by atoms with van der Waals surface area (Å²) in [5, 5.41) is 7.22. The van der Waals surface area contributed by atoms with Crippen molar-refractivity contribution in [1.82, 2.24) is 10.2 Å². The molecular formula is C14H26N2. The molecule has 1 unspecified atom stereocenters. The molecule has 0 saturated heterocycles. The molecule has 0 aliphatic rings. The van der Waals surface area contributed by atoms with Gasteiger partial charge in [-0.25, -0.2) is 0 Å². The lowest BCUT2D eigenvalue weighted by molar-refractivity contribution is 0.394. The summed E-state index contributed by atoms with van der Waals surface area (Å²) < 4.78 is 0. The third kappa shape index (κ3) is 3.10. The predicted octanol–water partition coefficient (Wildman–Crippen LogP) is 4.36. The summed E-state index contributed by atoms with van der Waals surface area (Å²) in [6.07, 6.45) is 9.87. The lowest BCUT2D eigenvalue weighted by atomic mass is 9.76. The van der Waals surface area contributed by atoms with Gasteiger partial charge in [-0.15, -0.1) is 0 Å². The zero-order valence-corrected chi connectivity index (χ0v) is 11.3. The molecule has 0 radical (unpaired) electrons. The summed E-state index contributed by atoms with van der Waals surface area (Å²) >= 11 is 0. The normalized spacial score (nSPS) is 15.0. The SMILES string of the molecule is CCCCCCC(C)(CC)c1cn[nH]c1C. The van der Waals surface area contributed by atoms with Crippen molar-refractivity contribution in [2.24, 2.45) is 0 Å². The highest BCUT2D eigenvalue weighted by Crippen LogP contribution is 2.34. The molecule has 0 aliphatic heterocycles. The molecule has 0 bridgehead atoms. The number of nitrogens with one attached hydrogen (secondary N) is 1. The molecule has 1 N–H and O–H groups in total. The minimum Gasteiger partial charge on any atom is -0.283 e. The van der Waals surface area contributed by atoms with E-state index in [2.05, 4.69) is 37.9 Å². The Morgan fingerprint density at radius 1 is 1.25 bits per heavy atom. The first-order valence-electron chi connectivity index (χ1n) is 6.64. The Hall–Kier alpha value is -0.790. The van der Waals surface area contributed by atoms with Crippen molar-refractivity contribution in [3.05, 3.63) is 17.5 Å². The molecule has 0 amide bonds. The quantitative estimate of drug-likeness (QED) is 0.682. The Morgan fingerprint density at radius 3 is 2.50 bits per heavy atom. The fourth-order valence-corrected chi connectivity index (χ4v) is 2.40. The molecule has 1 atom stereocenters. The first-order valence-corrected chi connectivity index (χ1v) is 6.64. The topological polar surface area (TPSA) is 28.7 Å². The van der Waals surface area contributed by atoms with Crippen molar-refractivity contribution >= 4 is 0 Å². The van der Waals surface area contributed by atoms with Crippen molar-refractivity contribution in [1.29, 1.82) is 0 Å². The molecule has 1 heterocycles. The molecule has 1 aromatic rings. The standard InChI is InChI=1S/C14H26N2/c1-5-7-8-9-10-14(4,6-2)13-11-15-16-12(13)3/h11H,5-10H2,1-4H3,(H,15,16). The Balaban J connectivity index is 2.60. The third-order valence-corrected chi connectivity index (χ3v) is 3.84. The van der Waals surface area contributed by atoms with E-state index in [4.69, 9.17) is 0 Å². The molecule has 0 aromatic carbocycles. The van der Waals surface area contributed by atoms with E-state index in [-0.39, 0.29) is 0 Å². The summed E-state index contributed by atoms with van der Waals surface area (Å²) in [6.45, 7) is 9.05. The molecular weight excluding hydrogens is 196 g/mol. The van der Waals surface area contributed by atoms with Gasteiger partial charge in [0.1, 0.15) is 0 Å². The van der Waals surface area contributed by atoms with Gasteiger partial charge < -0.3 is 0 Å². The molecule has 0 saturated carbocycles. The summed E-state index contributed by atoms with van der Waals surface area (Å²) in [5.74, 6) is 0. The number of H-pyrrole nitrogens is 1. The largest absolute Gasteiger partial charge is 0.283 e. The molecule has 0 aliphatic carbocycles. The van der Waals surface area contributed by atoms with Crippen LogP contribution in [0.2, 0.25) is 0 Å². The highest BCUT2D eigenvalue weighted by molar-refractivity contribution is 5.25. The number of hydrogen-bond acceptors (Lipinski definition) is 1. The second kappa shape index (κ2) is 6.07. The Kier molecular flexibility index (Phi) is 5.04. The first kappa shape index (κ1) is 13.3. The van der Waals surface area contributed by atoms with Crippen LogP contribution >= 0.6 is 0 Å². The predicted molar refractivity (Wildman–Crippen MR) is 69.7 cm³/mol. The van der Waals surface area contributed by atoms with Gasteiger partial charge in [-0.3, -0.25) is 5.10 Å². The van der Waals surface area contributed by atoms with Crippen molar-refractivity contribution in [3.63, 3.8) is 0 Å². The van der Waals surface area contributed by atoms with Gasteiger partial charge in [0.2, 0.25) is 0 Å². The van der Waals surface area contributed by atoms with E-state index in [0.29, 0.717) is 5.41 Å². The molecule has 2 nitrogen and oxygen atoms in total. The van der Waals surface area contributed by atoms with E-state index >= 15 is 0 Å². The molecule has 0 fully saturated rings. The molecule has 16 heavy (non-hydrogen) atoms. The summed E-state index contributed by atoms with van der Waals surface area (Å²) in [6, 6.07) is 0. The number of aryl methyl sites for hydroxylation is 1. The number of unbranched alkanes of at least 4 members (excludes halogenated alkanes) is 3. The average molecular weight is 222 g/mol. The van der Waals surface area contributed by atoms with Gasteiger partial charge in [0.15, 0.2) is 0 Å².